The molecule has 4 aliphatic heterocycles. The molecule has 0 fully saturated rings. The van der Waals surface area contributed by atoms with Crippen LogP contribution in [0.5, 0.6) is 0 Å². The summed E-state index contributed by atoms with van der Waals surface area (Å²) in [5.74, 6) is -0.569. The summed E-state index contributed by atoms with van der Waals surface area (Å²) in [5.41, 5.74) is 28.3. The summed E-state index contributed by atoms with van der Waals surface area (Å²) >= 11 is 16.4. The number of fused-ring (bicyclic) bond motifs is 8. The molecule has 0 unspecified atom stereocenters. The molecule has 4 heterocycles. The Labute approximate surface area is 696 Å². The lowest BCUT2D eigenvalue weighted by molar-refractivity contribution is 0.627. The Kier molecular flexibility index (Phi) is 24.3. The molecule has 0 aliphatic carbocycles. The first kappa shape index (κ1) is 78.3. The molecule has 0 bridgehead atoms. The van der Waals surface area contributed by atoms with E-state index in [-0.39, 0.29) is 46.1 Å². The second-order valence-electron chi connectivity index (χ2n) is 28.5. The predicted molar refractivity (Wildman–Crippen MR) is 498 cm³/mol. The Balaban J connectivity index is 0.000000167. The smallest absolute Gasteiger partial charge is 0.242 e. The molecule has 0 amide bonds. The molecular weight excluding hydrogens is 1530 g/mol. The summed E-state index contributed by atoms with van der Waals surface area (Å²) in [6, 6.07) is 121. The Morgan fingerprint density at radius 2 is 0.619 bits per heavy atom. The molecule has 19 heteroatoms. The minimum Gasteiger partial charge on any atom is -0.355 e. The van der Waals surface area contributed by atoms with Gasteiger partial charge >= 0.3 is 0 Å². The van der Waals surface area contributed by atoms with Gasteiger partial charge in [-0.25, -0.2) is 4.39 Å². The lowest BCUT2D eigenvalue weighted by atomic mass is 9.20. The van der Waals surface area contributed by atoms with Crippen molar-refractivity contribution >= 4 is 201 Å². The van der Waals surface area contributed by atoms with Crippen LogP contribution in [0.3, 0.4) is 0 Å². The van der Waals surface area contributed by atoms with Gasteiger partial charge in [0.15, 0.2) is 0 Å². The molecule has 113 heavy (non-hydrogen) atoms. The lowest BCUT2D eigenvalue weighted by Gasteiger charge is -2.43. The van der Waals surface area contributed by atoms with E-state index in [9.17, 15) is 21.0 Å². The zero-order valence-corrected chi connectivity index (χ0v) is 68.4. The molecule has 14 aromatic rings. The number of nitriles is 4. The van der Waals surface area contributed by atoms with E-state index in [1.54, 1.807) is 24.3 Å². The van der Waals surface area contributed by atoms with E-state index in [1.807, 2.05) is 66.7 Å². The number of rotatable bonds is 7. The maximum absolute atomic E-state index is 15.5. The highest BCUT2D eigenvalue weighted by Crippen LogP contribution is 2.54. The normalized spacial score (nSPS) is 12.7. The van der Waals surface area contributed by atoms with Crippen LogP contribution in [0.15, 0.2) is 328 Å². The standard InChI is InChI=1S/C47H33B2N3.C32H19B2FN2.C15H15N.S6.S2.2H2/c1-47(2)37-22-6-12-28-43(37)52(44-29-13-7-23-38(44)47)46-33(31-51)17-15-21-36(46)35-20-14-16-32(30-50)45(35)49-41-26-10-8-24-39(41)48(34-18-4-3-5-19-34)40-25-9-11-27-42(40)49;35-32-23(21-37)11-9-15-26(32)25-14-8-10-22(20-36)31(25)34-29-18-6-4-16-27(29)33(24-12-2-1-3-13-24)28-17-5-7-19-30(28)34;1-15(2)11-7-3-5-9-13(11)16-14-10-6-4-8-12(14)15;1-3-5-6-4-2;1-2;;/h3-29H,1-2H3;1-19H;3-10,16H,1-2H3;;;2*1H. The van der Waals surface area contributed by atoms with Gasteiger partial charge in [-0.05, 0) is 92.8 Å². The molecule has 0 atom stereocenters. The molecule has 1 N–H and O–H groups in total. The molecule has 0 spiro atoms. The van der Waals surface area contributed by atoms with E-state index < -0.39 is 5.82 Å². The highest BCUT2D eigenvalue weighted by Gasteiger charge is 2.44. The van der Waals surface area contributed by atoms with Gasteiger partial charge in [-0.15, -0.1) is 0 Å². The molecule has 0 saturated heterocycles. The van der Waals surface area contributed by atoms with Crippen molar-refractivity contribution in [3.63, 3.8) is 0 Å². The van der Waals surface area contributed by atoms with E-state index >= 15 is 4.39 Å². The maximum atomic E-state index is 15.5. The molecule has 0 saturated carbocycles. The average molecular weight is 1600 g/mol. The van der Waals surface area contributed by atoms with Crippen molar-refractivity contribution in [1.82, 2.24) is 0 Å². The molecule has 0 aromatic heterocycles. The van der Waals surface area contributed by atoms with Crippen LogP contribution in [0.25, 0.3) is 22.3 Å². The van der Waals surface area contributed by atoms with Crippen molar-refractivity contribution in [2.75, 3.05) is 10.2 Å². The highest BCUT2D eigenvalue weighted by molar-refractivity contribution is 8.64. The van der Waals surface area contributed by atoms with Gasteiger partial charge in [0.25, 0.3) is 0 Å². The summed E-state index contributed by atoms with van der Waals surface area (Å²) in [4.78, 5) is 2.28. The Bertz CT molecular complexity index is 6180. The topological polar surface area (TPSA) is 110 Å². The molecule has 0 radical (unpaired) electrons. The van der Waals surface area contributed by atoms with Crippen molar-refractivity contribution in [3.8, 4) is 46.5 Å². The quantitative estimate of drug-likeness (QED) is 0.155. The third-order valence-electron chi connectivity index (χ3n) is 22.0. The highest BCUT2D eigenvalue weighted by atomic mass is 33.3. The first-order valence-corrected chi connectivity index (χ1v) is 44.6. The summed E-state index contributed by atoms with van der Waals surface area (Å²) in [7, 11) is 5.63. The van der Waals surface area contributed by atoms with Crippen molar-refractivity contribution in [2.45, 2.75) is 38.5 Å². The Morgan fingerprint density at radius 3 is 1.00 bits per heavy atom. The fraction of sp³-hybridized carbons (Fsp3) is 0.0638. The Hall–Kier alpha value is -11.4. The molecule has 14 aromatic carbocycles. The number of nitrogens with zero attached hydrogens (tertiary/aromatic N) is 5. The number of para-hydroxylation sites is 5. The summed E-state index contributed by atoms with van der Waals surface area (Å²) in [6.07, 6.45) is 0. The SMILES string of the molecule is CC1(C)c2ccccc2N(c2c(C#N)cccc2-c2cccc(C#N)c2B2c3ccccc3B(c3ccccc3)c3ccccc32)c2ccccc21.CC1(C)c2ccccc2Nc2ccccc21.N#Cc1cccc(-c2cccc(C#N)c2B2c3ccccc3B(c3ccccc3)c3ccccc32)c1F.S=S.S=S=S=S=S=S.[HH].[HH]. The van der Waals surface area contributed by atoms with Crippen LogP contribution in [0.1, 0.15) is 75.1 Å². The molecule has 544 valence electrons. The number of nitrogens with one attached hydrogen (secondary N) is 1. The van der Waals surface area contributed by atoms with E-state index in [0.717, 1.165) is 50.0 Å². The van der Waals surface area contributed by atoms with Crippen LogP contribution in [0.2, 0.25) is 0 Å². The van der Waals surface area contributed by atoms with Gasteiger partial charge in [-0.3, -0.25) is 0 Å². The maximum Gasteiger partial charge on any atom is 0.242 e. The van der Waals surface area contributed by atoms with Crippen LogP contribution in [-0.2, 0) is 91.1 Å². The van der Waals surface area contributed by atoms with Gasteiger partial charge in [0.1, 0.15) is 18.0 Å². The predicted octanol–water partition coefficient (Wildman–Crippen LogP) is 13.7. The van der Waals surface area contributed by atoms with Crippen molar-refractivity contribution < 1.29 is 7.24 Å². The van der Waals surface area contributed by atoms with Gasteiger partial charge in [0.05, 0.1) is 40.3 Å². The van der Waals surface area contributed by atoms with Gasteiger partial charge in [-0.1, -0.05) is 361 Å². The summed E-state index contributed by atoms with van der Waals surface area (Å²) in [6.45, 7) is 8.73. The first-order valence-electron chi connectivity index (χ1n) is 36.6. The largest absolute Gasteiger partial charge is 0.355 e. The fourth-order valence-electron chi connectivity index (χ4n) is 17.3. The summed E-state index contributed by atoms with van der Waals surface area (Å²) < 4.78 is 15.5. The number of hydrogen-bond donors (Lipinski definition) is 1. The zero-order valence-electron chi connectivity index (χ0n) is 61.9. The van der Waals surface area contributed by atoms with Crippen LogP contribution in [0.4, 0.5) is 32.8 Å². The minimum atomic E-state index is -0.569. The monoisotopic (exact) mass is 1600 g/mol. The molecular formula is C94H71B4FN6S8. The van der Waals surface area contributed by atoms with Crippen LogP contribution >= 0.6 is 0 Å². The average Bonchev–Trinajstić information content (AvgIpc) is 0.726. The lowest BCUT2D eigenvalue weighted by Crippen LogP contribution is -2.75. The van der Waals surface area contributed by atoms with Crippen LogP contribution in [-0.4, -0.2) is 26.9 Å². The number of benzene rings is 14. The number of anilines is 5. The first-order chi connectivity index (χ1) is 55.4. The molecule has 6 nitrogen and oxygen atoms in total. The summed E-state index contributed by atoms with van der Waals surface area (Å²) in [5, 5.41) is 44.9. The number of hydrogen-bond acceptors (Lipinski definition) is 10. The third kappa shape index (κ3) is 15.0. The van der Waals surface area contributed by atoms with Crippen molar-refractivity contribution in [3.05, 3.63) is 378 Å². The number of halogens is 1. The second-order valence-corrected chi connectivity index (χ2v) is 35.6. The van der Waals surface area contributed by atoms with E-state index in [0.29, 0.717) is 27.8 Å². The van der Waals surface area contributed by atoms with Crippen LogP contribution in [0, 0.1) is 51.1 Å². The van der Waals surface area contributed by atoms with E-state index in [4.69, 9.17) is 0 Å². The Morgan fingerprint density at radius 1 is 0.327 bits per heavy atom. The van der Waals surface area contributed by atoms with E-state index in [1.165, 1.54) is 119 Å². The van der Waals surface area contributed by atoms with Crippen molar-refractivity contribution in [1.29, 1.82) is 21.0 Å². The van der Waals surface area contributed by atoms with Gasteiger partial charge < -0.3 is 10.2 Å². The van der Waals surface area contributed by atoms with Gasteiger partial charge in [0.2, 0.25) is 26.9 Å². The molecule has 18 rings (SSSR count). The third-order valence-corrected chi connectivity index (χ3v) is 28.7. The van der Waals surface area contributed by atoms with Gasteiger partial charge in [0, 0.05) is 128 Å². The molecule has 4 aliphatic rings. The zero-order chi connectivity index (χ0) is 78.8. The minimum absolute atomic E-state index is 0. The van der Waals surface area contributed by atoms with Gasteiger partial charge in [-0.2, -0.15) is 21.0 Å². The second kappa shape index (κ2) is 35.1. The van der Waals surface area contributed by atoms with E-state index in [2.05, 4.69) is 337 Å². The van der Waals surface area contributed by atoms with Crippen LogP contribution < -0.4 is 75.8 Å². The van der Waals surface area contributed by atoms with Crippen molar-refractivity contribution in [2.24, 2.45) is 0 Å². The fourth-order valence-corrected chi connectivity index (χ4v) is 22.8.